The second kappa shape index (κ2) is 7.16. The molecule has 136 valence electrons. The van der Waals surface area contributed by atoms with Crippen LogP contribution in [0.3, 0.4) is 0 Å². The van der Waals surface area contributed by atoms with Gasteiger partial charge in [0.25, 0.3) is 0 Å². The molecule has 1 aliphatic heterocycles. The van der Waals surface area contributed by atoms with E-state index >= 15 is 0 Å². The fourth-order valence-corrected chi connectivity index (χ4v) is 4.08. The molecule has 25 heavy (non-hydrogen) atoms. The molecule has 10 heteroatoms. The van der Waals surface area contributed by atoms with E-state index in [9.17, 15) is 8.42 Å². The van der Waals surface area contributed by atoms with Gasteiger partial charge in [0.15, 0.2) is 10.6 Å². The molecule has 2 aromatic rings. The molecule has 1 aromatic carbocycles. The first-order valence-corrected chi connectivity index (χ1v) is 10.5. The topological polar surface area (TPSA) is 63.4 Å². The standard InChI is InChI=1S/C15H20ClN5O2S2/c1-18-14(12-5-3-4-6-13(12)16)17-21(15(18)24)11-19-7-9-20(10-8-19)25(2,22)23/h3-6H,7-11H2,1-2H3. The van der Waals surface area contributed by atoms with Crippen LogP contribution in [0.15, 0.2) is 24.3 Å². The zero-order valence-electron chi connectivity index (χ0n) is 14.1. The normalized spacial score (nSPS) is 17.1. The third-order valence-electron chi connectivity index (χ3n) is 4.29. The molecule has 0 unspecified atom stereocenters. The molecule has 3 rings (SSSR count). The molecule has 7 nitrogen and oxygen atoms in total. The van der Waals surface area contributed by atoms with Gasteiger partial charge in [0.05, 0.1) is 17.9 Å². The van der Waals surface area contributed by atoms with Gasteiger partial charge in [-0.05, 0) is 24.4 Å². The zero-order chi connectivity index (χ0) is 18.2. The van der Waals surface area contributed by atoms with Crippen molar-refractivity contribution in [2.24, 2.45) is 7.05 Å². The lowest BCUT2D eigenvalue weighted by atomic mass is 10.2. The van der Waals surface area contributed by atoms with Crippen molar-refractivity contribution in [2.75, 3.05) is 32.4 Å². The lowest BCUT2D eigenvalue weighted by molar-refractivity contribution is 0.145. The molecule has 2 heterocycles. The van der Waals surface area contributed by atoms with Gasteiger partial charge in [-0.25, -0.2) is 13.1 Å². The van der Waals surface area contributed by atoms with E-state index in [1.807, 2.05) is 35.9 Å². The summed E-state index contributed by atoms with van der Waals surface area (Å²) in [6.45, 7) is 2.78. The molecule has 0 saturated carbocycles. The predicted molar refractivity (Wildman–Crippen MR) is 100 cm³/mol. The summed E-state index contributed by atoms with van der Waals surface area (Å²) in [5.41, 5.74) is 0.832. The molecule has 0 amide bonds. The third kappa shape index (κ3) is 3.95. The number of nitrogens with zero attached hydrogens (tertiary/aromatic N) is 5. The van der Waals surface area contributed by atoms with E-state index in [0.717, 1.165) is 5.56 Å². The highest BCUT2D eigenvalue weighted by atomic mass is 35.5. The highest BCUT2D eigenvalue weighted by Crippen LogP contribution is 2.26. The molecule has 0 bridgehead atoms. The molecule has 0 radical (unpaired) electrons. The quantitative estimate of drug-likeness (QED) is 0.731. The van der Waals surface area contributed by atoms with E-state index in [1.165, 1.54) is 10.6 Å². The maximum atomic E-state index is 11.6. The molecule has 0 atom stereocenters. The van der Waals surface area contributed by atoms with Crippen LogP contribution in [-0.4, -0.2) is 64.4 Å². The summed E-state index contributed by atoms with van der Waals surface area (Å²) < 4.78 is 28.9. The molecule has 1 aromatic heterocycles. The van der Waals surface area contributed by atoms with E-state index in [1.54, 1.807) is 4.68 Å². The number of halogens is 1. The Morgan fingerprint density at radius 2 is 1.84 bits per heavy atom. The van der Waals surface area contributed by atoms with Crippen LogP contribution in [0.5, 0.6) is 0 Å². The van der Waals surface area contributed by atoms with Gasteiger partial charge < -0.3 is 4.57 Å². The van der Waals surface area contributed by atoms with Crippen molar-refractivity contribution in [3.8, 4) is 11.4 Å². The fraction of sp³-hybridized carbons (Fsp3) is 0.467. The Balaban J connectivity index is 1.78. The second-order valence-corrected chi connectivity index (χ2v) is 8.82. The SMILES string of the molecule is Cn1c(-c2ccccc2Cl)nn(CN2CCN(S(C)(=O)=O)CC2)c1=S. The summed E-state index contributed by atoms with van der Waals surface area (Å²) in [6.07, 6.45) is 1.24. The van der Waals surface area contributed by atoms with E-state index in [4.69, 9.17) is 23.8 Å². The predicted octanol–water partition coefficient (Wildman–Crippen LogP) is 1.81. The summed E-state index contributed by atoms with van der Waals surface area (Å²) in [6, 6.07) is 7.52. The molecular weight excluding hydrogens is 382 g/mol. The van der Waals surface area contributed by atoms with Crippen molar-refractivity contribution < 1.29 is 8.42 Å². The highest BCUT2D eigenvalue weighted by molar-refractivity contribution is 7.88. The maximum absolute atomic E-state index is 11.6. The Hall–Kier alpha value is -1.26. The van der Waals surface area contributed by atoms with Crippen LogP contribution >= 0.6 is 23.8 Å². The van der Waals surface area contributed by atoms with Gasteiger partial charge in [-0.3, -0.25) is 4.90 Å². The summed E-state index contributed by atoms with van der Waals surface area (Å²) >= 11 is 11.8. The Kier molecular flexibility index (Phi) is 5.31. The minimum absolute atomic E-state index is 0.482. The van der Waals surface area contributed by atoms with Crippen LogP contribution in [0.1, 0.15) is 0 Å². The first kappa shape index (κ1) is 18.5. The smallest absolute Gasteiger partial charge is 0.211 e. The summed E-state index contributed by atoms with van der Waals surface area (Å²) in [5.74, 6) is 0.713. The van der Waals surface area contributed by atoms with Crippen LogP contribution in [0.2, 0.25) is 5.02 Å². The number of hydrogen-bond acceptors (Lipinski definition) is 5. The lowest BCUT2D eigenvalue weighted by Crippen LogP contribution is -2.48. The van der Waals surface area contributed by atoms with Crippen molar-refractivity contribution in [2.45, 2.75) is 6.67 Å². The average Bonchev–Trinajstić information content (AvgIpc) is 2.83. The first-order chi connectivity index (χ1) is 11.8. The molecular formula is C15H20ClN5O2S2. The van der Waals surface area contributed by atoms with Gasteiger partial charge >= 0.3 is 0 Å². The number of piperazine rings is 1. The number of sulfonamides is 1. The lowest BCUT2D eigenvalue weighted by Gasteiger charge is -2.32. The summed E-state index contributed by atoms with van der Waals surface area (Å²) in [5, 5.41) is 5.24. The van der Waals surface area contributed by atoms with Gasteiger partial charge in [0.2, 0.25) is 10.0 Å². The Bertz CT molecular complexity index is 930. The van der Waals surface area contributed by atoms with Gasteiger partial charge in [0, 0.05) is 38.8 Å². The minimum Gasteiger partial charge on any atom is -0.303 e. The summed E-state index contributed by atoms with van der Waals surface area (Å²) in [7, 11) is -1.26. The average molecular weight is 402 g/mol. The van der Waals surface area contributed by atoms with E-state index < -0.39 is 10.0 Å². The van der Waals surface area contributed by atoms with Crippen LogP contribution < -0.4 is 0 Å². The fourth-order valence-electron chi connectivity index (χ4n) is 2.85. The molecule has 0 aliphatic carbocycles. The molecule has 0 spiro atoms. The van der Waals surface area contributed by atoms with Crippen LogP contribution in [0.25, 0.3) is 11.4 Å². The van der Waals surface area contributed by atoms with Gasteiger partial charge in [-0.15, -0.1) is 0 Å². The van der Waals surface area contributed by atoms with Crippen molar-refractivity contribution >= 4 is 33.8 Å². The number of benzene rings is 1. The van der Waals surface area contributed by atoms with Crippen molar-refractivity contribution in [1.29, 1.82) is 0 Å². The molecule has 1 saturated heterocycles. The Morgan fingerprint density at radius 3 is 2.44 bits per heavy atom. The Morgan fingerprint density at radius 1 is 1.20 bits per heavy atom. The second-order valence-electron chi connectivity index (χ2n) is 6.07. The monoisotopic (exact) mass is 401 g/mol. The maximum Gasteiger partial charge on any atom is 0.211 e. The van der Waals surface area contributed by atoms with Crippen molar-refractivity contribution in [3.63, 3.8) is 0 Å². The molecule has 1 fully saturated rings. The summed E-state index contributed by atoms with van der Waals surface area (Å²) in [4.78, 5) is 2.14. The zero-order valence-corrected chi connectivity index (χ0v) is 16.5. The molecule has 1 aliphatic rings. The van der Waals surface area contributed by atoms with Crippen molar-refractivity contribution in [1.82, 2.24) is 23.6 Å². The van der Waals surface area contributed by atoms with Gasteiger partial charge in [-0.1, -0.05) is 23.7 Å². The molecule has 0 N–H and O–H groups in total. The van der Waals surface area contributed by atoms with E-state index in [2.05, 4.69) is 10.00 Å². The number of hydrogen-bond donors (Lipinski definition) is 0. The van der Waals surface area contributed by atoms with Gasteiger partial charge in [0.1, 0.15) is 0 Å². The van der Waals surface area contributed by atoms with Crippen LogP contribution in [0, 0.1) is 4.77 Å². The highest BCUT2D eigenvalue weighted by Gasteiger charge is 2.24. The minimum atomic E-state index is -3.13. The third-order valence-corrected chi connectivity index (χ3v) is 6.41. The van der Waals surface area contributed by atoms with Crippen LogP contribution in [0.4, 0.5) is 0 Å². The number of aromatic nitrogens is 3. The Labute approximate surface area is 157 Å². The number of rotatable bonds is 4. The van der Waals surface area contributed by atoms with Crippen LogP contribution in [-0.2, 0) is 23.7 Å². The largest absolute Gasteiger partial charge is 0.303 e. The van der Waals surface area contributed by atoms with E-state index in [0.29, 0.717) is 48.5 Å². The first-order valence-electron chi connectivity index (χ1n) is 7.83. The van der Waals surface area contributed by atoms with E-state index in [-0.39, 0.29) is 0 Å². The van der Waals surface area contributed by atoms with Gasteiger partial charge in [-0.2, -0.15) is 9.40 Å². The van der Waals surface area contributed by atoms with Crippen molar-refractivity contribution in [3.05, 3.63) is 34.1 Å².